The lowest BCUT2D eigenvalue weighted by Gasteiger charge is -2.35. The Bertz CT molecular complexity index is 703. The Morgan fingerprint density at radius 1 is 1.32 bits per heavy atom. The summed E-state index contributed by atoms with van der Waals surface area (Å²) in [7, 11) is 0. The van der Waals surface area contributed by atoms with E-state index in [1.54, 1.807) is 6.20 Å². The Balaban J connectivity index is 0.000000569. The molecule has 0 amide bonds. The molecule has 9 heteroatoms. The van der Waals surface area contributed by atoms with Crippen molar-refractivity contribution in [3.8, 4) is 11.5 Å². The fourth-order valence-corrected chi connectivity index (χ4v) is 3.01. The number of hydrogen-bond donors (Lipinski definition) is 2. The third kappa shape index (κ3) is 4.00. The van der Waals surface area contributed by atoms with Crippen molar-refractivity contribution in [1.82, 2.24) is 15.1 Å². The van der Waals surface area contributed by atoms with Gasteiger partial charge in [0.05, 0.1) is 6.54 Å². The van der Waals surface area contributed by atoms with Crippen molar-refractivity contribution in [1.29, 1.82) is 0 Å². The van der Waals surface area contributed by atoms with Gasteiger partial charge in [0.2, 0.25) is 0 Å². The van der Waals surface area contributed by atoms with Crippen LogP contribution in [0.1, 0.15) is 18.6 Å². The van der Waals surface area contributed by atoms with E-state index in [-0.39, 0.29) is 6.47 Å². The second kappa shape index (κ2) is 7.39. The smallest absolute Gasteiger partial charge is 0.483 e. The lowest BCUT2D eigenvalue weighted by Crippen LogP contribution is -2.45. The first kappa shape index (κ1) is 17.0. The van der Waals surface area contributed by atoms with Gasteiger partial charge in [-0.3, -0.25) is 14.8 Å². The first-order valence-electron chi connectivity index (χ1n) is 7.88. The van der Waals surface area contributed by atoms with Gasteiger partial charge < -0.3 is 19.0 Å². The van der Waals surface area contributed by atoms with Gasteiger partial charge in [0.15, 0.2) is 11.4 Å². The molecule has 25 heavy (non-hydrogen) atoms. The molecule has 0 saturated carbocycles. The number of carbonyl (C=O) groups is 2. The maximum Gasteiger partial charge on any atom is 0.509 e. The molecule has 0 radical (unpaired) electrons. The molecule has 134 valence electrons. The molecule has 2 aromatic heterocycles. The summed E-state index contributed by atoms with van der Waals surface area (Å²) in [4.78, 5) is 21.8. The molecule has 4 heterocycles. The predicted octanol–water partition coefficient (Wildman–Crippen LogP) is 1.87. The molecule has 2 saturated heterocycles. The molecule has 0 unspecified atom stereocenters. The Labute approximate surface area is 143 Å². The number of carbonyl (C=O) groups excluding carboxylic acids is 1. The van der Waals surface area contributed by atoms with Crippen molar-refractivity contribution in [2.75, 3.05) is 19.7 Å². The predicted molar refractivity (Wildman–Crippen MR) is 84.7 cm³/mol. The van der Waals surface area contributed by atoms with Crippen LogP contribution in [0, 0.1) is 0 Å². The Hall–Kier alpha value is -2.81. The summed E-state index contributed by atoms with van der Waals surface area (Å²) in [5.74, 6) is 1.71. The van der Waals surface area contributed by atoms with E-state index < -0.39 is 11.8 Å². The van der Waals surface area contributed by atoms with E-state index in [2.05, 4.69) is 15.1 Å². The molecule has 2 aromatic rings. The number of likely N-dealkylation sites (tertiary alicyclic amines) is 1. The van der Waals surface area contributed by atoms with Crippen LogP contribution >= 0.6 is 0 Å². The van der Waals surface area contributed by atoms with E-state index in [9.17, 15) is 4.79 Å². The number of aromatic nitrogens is 2. The first-order chi connectivity index (χ1) is 12.1. The molecule has 2 fully saturated rings. The number of rotatable bonds is 3. The molecule has 0 bridgehead atoms. The zero-order valence-electron chi connectivity index (χ0n) is 13.5. The zero-order chi connectivity index (χ0) is 17.7. The van der Waals surface area contributed by atoms with E-state index in [0.717, 1.165) is 49.7 Å². The van der Waals surface area contributed by atoms with E-state index in [1.807, 2.05) is 18.2 Å². The molecule has 0 aliphatic carbocycles. The van der Waals surface area contributed by atoms with E-state index in [4.69, 9.17) is 23.8 Å². The summed E-state index contributed by atoms with van der Waals surface area (Å²) >= 11 is 0. The van der Waals surface area contributed by atoms with Crippen molar-refractivity contribution >= 4 is 12.6 Å². The van der Waals surface area contributed by atoms with Crippen LogP contribution in [0.25, 0.3) is 11.5 Å². The molecule has 4 rings (SSSR count). The maximum atomic E-state index is 11.1. The quantitative estimate of drug-likeness (QED) is 0.637. The Morgan fingerprint density at radius 2 is 2.08 bits per heavy atom. The molecule has 1 spiro atoms. The van der Waals surface area contributed by atoms with Gasteiger partial charge in [0, 0.05) is 32.1 Å². The zero-order valence-corrected chi connectivity index (χ0v) is 13.5. The van der Waals surface area contributed by atoms with Crippen molar-refractivity contribution in [3.63, 3.8) is 0 Å². The van der Waals surface area contributed by atoms with Gasteiger partial charge >= 0.3 is 6.16 Å². The van der Waals surface area contributed by atoms with Gasteiger partial charge in [-0.15, -0.1) is 0 Å². The maximum absolute atomic E-state index is 11.1. The van der Waals surface area contributed by atoms with Crippen molar-refractivity contribution < 1.29 is 28.6 Å². The van der Waals surface area contributed by atoms with Crippen LogP contribution < -0.4 is 0 Å². The average molecular weight is 349 g/mol. The summed E-state index contributed by atoms with van der Waals surface area (Å²) < 4.78 is 16.1. The van der Waals surface area contributed by atoms with Gasteiger partial charge in [-0.05, 0) is 18.2 Å². The van der Waals surface area contributed by atoms with E-state index in [1.165, 1.54) is 0 Å². The van der Waals surface area contributed by atoms with Crippen LogP contribution in [0.15, 0.2) is 28.8 Å². The van der Waals surface area contributed by atoms with Gasteiger partial charge in [0.25, 0.3) is 6.47 Å². The normalized spacial score (nSPS) is 19.0. The molecule has 2 aliphatic heterocycles. The van der Waals surface area contributed by atoms with Crippen molar-refractivity contribution in [2.45, 2.75) is 25.0 Å². The number of aromatic amines is 1. The highest BCUT2D eigenvalue weighted by molar-refractivity contribution is 5.62. The lowest BCUT2D eigenvalue weighted by atomic mass is 9.92. The van der Waals surface area contributed by atoms with Gasteiger partial charge in [-0.1, -0.05) is 0 Å². The minimum Gasteiger partial charge on any atom is -0.483 e. The third-order valence-electron chi connectivity index (χ3n) is 4.33. The number of carboxylic acid groups (broad SMARTS) is 1. The summed E-state index contributed by atoms with van der Waals surface area (Å²) in [6, 6.07) is 5.81. The third-order valence-corrected chi connectivity index (χ3v) is 4.33. The molecule has 2 aliphatic rings. The van der Waals surface area contributed by atoms with E-state index >= 15 is 0 Å². The molecule has 9 nitrogen and oxygen atoms in total. The highest BCUT2D eigenvalue weighted by Gasteiger charge is 2.44. The molecular formula is C16H19N3O6. The minimum atomic E-state index is -0.538. The van der Waals surface area contributed by atoms with Gasteiger partial charge in [-0.25, -0.2) is 4.79 Å². The summed E-state index contributed by atoms with van der Waals surface area (Å²) in [6.07, 6.45) is 2.76. The second-order valence-electron chi connectivity index (χ2n) is 5.94. The molecule has 0 atom stereocenters. The van der Waals surface area contributed by atoms with Gasteiger partial charge in [0.1, 0.15) is 18.1 Å². The minimum absolute atomic E-state index is 0.250. The number of furan rings is 1. The fraction of sp³-hybridized carbons (Fsp3) is 0.438. The molecular weight excluding hydrogens is 330 g/mol. The number of nitrogens with zero attached hydrogens (tertiary/aromatic N) is 2. The standard InChI is InChI=1S/C15H17N3O4.CH2O2/c19-14-20-10-15(22-14)4-7-18(8-5-15)9-11-1-2-13(21-11)12-3-6-16-17-12;2-1-3/h1-3,6H,4-5,7-10H2,(H,16,17);1H,(H,2,3). The first-order valence-corrected chi connectivity index (χ1v) is 7.88. The SMILES string of the molecule is O=C1OCC2(CCN(Cc3ccc(-c4ccn[nH]4)o3)CC2)O1.O=CO. The average Bonchev–Trinajstić information content (AvgIpc) is 3.33. The highest BCUT2D eigenvalue weighted by Crippen LogP contribution is 2.32. The highest BCUT2D eigenvalue weighted by atomic mass is 16.8. The fourth-order valence-electron chi connectivity index (χ4n) is 3.01. The monoisotopic (exact) mass is 349 g/mol. The number of piperidine rings is 1. The number of cyclic esters (lactones) is 1. The van der Waals surface area contributed by atoms with E-state index in [0.29, 0.717) is 6.61 Å². The number of nitrogens with one attached hydrogen (secondary N) is 1. The topological polar surface area (TPSA) is 118 Å². The van der Waals surface area contributed by atoms with Gasteiger partial charge in [-0.2, -0.15) is 5.10 Å². The van der Waals surface area contributed by atoms with Crippen LogP contribution in [0.5, 0.6) is 0 Å². The Morgan fingerprint density at radius 3 is 2.68 bits per heavy atom. The Kier molecular flexibility index (Phi) is 5.03. The van der Waals surface area contributed by atoms with Crippen LogP contribution in [-0.4, -0.2) is 58.1 Å². The summed E-state index contributed by atoms with van der Waals surface area (Å²) in [5.41, 5.74) is 0.469. The van der Waals surface area contributed by atoms with Crippen molar-refractivity contribution in [2.24, 2.45) is 0 Å². The van der Waals surface area contributed by atoms with Crippen molar-refractivity contribution in [3.05, 3.63) is 30.2 Å². The number of hydrogen-bond acceptors (Lipinski definition) is 7. The largest absolute Gasteiger partial charge is 0.509 e. The lowest BCUT2D eigenvalue weighted by molar-refractivity contribution is -0.122. The summed E-state index contributed by atoms with van der Waals surface area (Å²) in [6.45, 7) is 2.59. The van der Waals surface area contributed by atoms with Crippen LogP contribution in [0.4, 0.5) is 4.79 Å². The number of H-pyrrole nitrogens is 1. The number of ether oxygens (including phenoxy) is 2. The molecule has 2 N–H and O–H groups in total. The van der Waals surface area contributed by atoms with Crippen LogP contribution in [0.3, 0.4) is 0 Å². The second-order valence-corrected chi connectivity index (χ2v) is 5.94. The molecule has 0 aromatic carbocycles. The van der Waals surface area contributed by atoms with Crippen LogP contribution in [-0.2, 0) is 20.8 Å². The summed E-state index contributed by atoms with van der Waals surface area (Å²) in [5, 5.41) is 13.7. The van der Waals surface area contributed by atoms with Crippen LogP contribution in [0.2, 0.25) is 0 Å².